The Morgan fingerprint density at radius 3 is 2.38 bits per heavy atom. The third-order valence-corrected chi connectivity index (χ3v) is 6.97. The second-order valence-corrected chi connectivity index (χ2v) is 9.52. The van der Waals surface area contributed by atoms with Crippen LogP contribution in [0.2, 0.25) is 0 Å². The number of carbonyl (C=O) groups excluding carboxylic acids is 2. The fraction of sp³-hybridized carbons (Fsp3) is 0.185. The molecule has 2 aliphatic heterocycles. The van der Waals surface area contributed by atoms with Crippen LogP contribution in [-0.2, 0) is 9.59 Å². The fourth-order valence-electron chi connectivity index (χ4n) is 4.05. The van der Waals surface area contributed by atoms with Gasteiger partial charge in [-0.1, -0.05) is 90.1 Å². The second-order valence-electron chi connectivity index (χ2n) is 8.35. The molecule has 0 saturated carbocycles. The topological polar surface area (TPSA) is 74.1 Å². The number of nitrogens with zero attached hydrogens (tertiary/aromatic N) is 3. The van der Waals surface area contributed by atoms with Crippen LogP contribution in [-0.4, -0.2) is 33.0 Å². The van der Waals surface area contributed by atoms with Crippen LogP contribution >= 0.6 is 11.8 Å². The molecule has 3 aromatic rings. The summed E-state index contributed by atoms with van der Waals surface area (Å²) in [6.45, 7) is 2.06. The number of aliphatic imine (C=N–C) groups is 1. The van der Waals surface area contributed by atoms with Crippen LogP contribution in [0.3, 0.4) is 0 Å². The molecule has 1 N–H and O–H groups in total. The highest BCUT2D eigenvalue weighted by Crippen LogP contribution is 2.38. The molecule has 0 radical (unpaired) electrons. The van der Waals surface area contributed by atoms with Crippen molar-refractivity contribution < 1.29 is 9.59 Å². The lowest BCUT2D eigenvalue weighted by Crippen LogP contribution is -2.25. The number of nitrogens with one attached hydrogen (secondary N) is 1. The summed E-state index contributed by atoms with van der Waals surface area (Å²) in [6.07, 6.45) is 0.768. The van der Waals surface area contributed by atoms with Gasteiger partial charge in [-0.05, 0) is 30.2 Å². The maximum absolute atomic E-state index is 12.7. The highest BCUT2D eigenvalue weighted by Gasteiger charge is 2.39. The summed E-state index contributed by atoms with van der Waals surface area (Å²) >= 11 is 1.31. The number of aryl methyl sites for hydroxylation is 1. The molecule has 2 atom stereocenters. The Morgan fingerprint density at radius 1 is 1.00 bits per heavy atom. The molecular formula is C27H24N4O2S. The number of thioether (sulfide) groups is 1. The lowest BCUT2D eigenvalue weighted by Gasteiger charge is -2.23. The second kappa shape index (κ2) is 9.65. The number of anilines is 1. The number of amides is 2. The third kappa shape index (κ3) is 4.79. The van der Waals surface area contributed by atoms with Crippen molar-refractivity contribution >= 4 is 40.1 Å². The monoisotopic (exact) mass is 468 g/mol. The van der Waals surface area contributed by atoms with Gasteiger partial charge in [0.2, 0.25) is 5.91 Å². The minimum Gasteiger partial charge on any atom is -0.326 e. The highest BCUT2D eigenvalue weighted by molar-refractivity contribution is 8.15. The number of carbonyl (C=O) groups is 2. The molecule has 0 unspecified atom stereocenters. The summed E-state index contributed by atoms with van der Waals surface area (Å²) in [5, 5.41) is 9.56. The van der Waals surface area contributed by atoms with Crippen LogP contribution in [0, 0.1) is 6.92 Å². The Balaban J connectivity index is 1.35. The van der Waals surface area contributed by atoms with Gasteiger partial charge in [0.05, 0.1) is 11.8 Å². The Kier molecular flexibility index (Phi) is 6.27. The van der Waals surface area contributed by atoms with Gasteiger partial charge >= 0.3 is 0 Å². The number of rotatable bonds is 5. The average Bonchev–Trinajstić information content (AvgIpc) is 3.45. The fourth-order valence-corrected chi connectivity index (χ4v) is 5.11. The molecule has 6 nitrogen and oxygen atoms in total. The first kappa shape index (κ1) is 22.1. The van der Waals surface area contributed by atoms with E-state index in [0.29, 0.717) is 17.3 Å². The van der Waals surface area contributed by atoms with E-state index in [0.717, 1.165) is 16.8 Å². The van der Waals surface area contributed by atoms with E-state index in [1.54, 1.807) is 0 Å². The van der Waals surface area contributed by atoms with Crippen molar-refractivity contribution in [2.24, 2.45) is 10.1 Å². The van der Waals surface area contributed by atoms with Crippen LogP contribution in [0.1, 0.15) is 35.6 Å². The van der Waals surface area contributed by atoms with Crippen molar-refractivity contribution in [1.29, 1.82) is 0 Å². The van der Waals surface area contributed by atoms with Crippen LogP contribution in [0.5, 0.6) is 0 Å². The Labute approximate surface area is 202 Å². The molecule has 0 saturated heterocycles. The summed E-state index contributed by atoms with van der Waals surface area (Å²) < 4.78 is 0. The summed E-state index contributed by atoms with van der Waals surface area (Å²) in [6, 6.07) is 27.6. The van der Waals surface area contributed by atoms with E-state index in [1.165, 1.54) is 17.3 Å². The molecular weight excluding hydrogens is 444 g/mol. The molecule has 0 bridgehead atoms. The van der Waals surface area contributed by atoms with Gasteiger partial charge in [0.1, 0.15) is 5.25 Å². The molecule has 0 spiro atoms. The smallest absolute Gasteiger partial charge is 0.262 e. The molecule has 5 rings (SSSR count). The van der Waals surface area contributed by atoms with Gasteiger partial charge in [0.15, 0.2) is 5.17 Å². The molecule has 0 aromatic heterocycles. The molecule has 0 aliphatic carbocycles. The maximum Gasteiger partial charge on any atom is 0.262 e. The summed E-state index contributed by atoms with van der Waals surface area (Å²) in [7, 11) is 0. The van der Waals surface area contributed by atoms with Crippen molar-refractivity contribution in [3.05, 3.63) is 102 Å². The van der Waals surface area contributed by atoms with Gasteiger partial charge in [0.25, 0.3) is 5.91 Å². The largest absolute Gasteiger partial charge is 0.326 e. The number of hydrogen-bond donors (Lipinski definition) is 1. The lowest BCUT2D eigenvalue weighted by atomic mass is 9.98. The quantitative estimate of drug-likeness (QED) is 0.560. The summed E-state index contributed by atoms with van der Waals surface area (Å²) in [4.78, 5) is 29.5. The zero-order chi connectivity index (χ0) is 23.5. The van der Waals surface area contributed by atoms with Crippen LogP contribution < -0.4 is 5.32 Å². The SMILES string of the molecule is Cc1ccc([C@@H]2CC(c3ccccc3)=NN2C2=NC(=O)[C@@H](CC(=O)Nc3ccccc3)S2)cc1. The van der Waals surface area contributed by atoms with Gasteiger partial charge in [-0.15, -0.1) is 0 Å². The number of amidine groups is 1. The number of benzene rings is 3. The molecule has 0 fully saturated rings. The first-order valence-corrected chi connectivity index (χ1v) is 12.1. The zero-order valence-electron chi connectivity index (χ0n) is 18.7. The Bertz CT molecular complexity index is 1260. The van der Waals surface area contributed by atoms with Crippen LogP contribution in [0.4, 0.5) is 5.69 Å². The van der Waals surface area contributed by atoms with Gasteiger partial charge in [0, 0.05) is 18.5 Å². The van der Waals surface area contributed by atoms with Crippen molar-refractivity contribution in [2.45, 2.75) is 31.1 Å². The molecule has 7 heteroatoms. The molecule has 170 valence electrons. The minimum absolute atomic E-state index is 0.0592. The number of hydrazone groups is 1. The minimum atomic E-state index is -0.562. The highest BCUT2D eigenvalue weighted by atomic mass is 32.2. The van der Waals surface area contributed by atoms with Crippen LogP contribution in [0.15, 0.2) is 95.0 Å². The molecule has 3 aromatic carbocycles. The van der Waals surface area contributed by atoms with Crippen molar-refractivity contribution in [2.75, 3.05) is 5.32 Å². The van der Waals surface area contributed by atoms with Crippen molar-refractivity contribution in [3.63, 3.8) is 0 Å². The Hall–Kier alpha value is -3.71. The number of hydrogen-bond acceptors (Lipinski definition) is 5. The van der Waals surface area contributed by atoms with Crippen molar-refractivity contribution in [3.8, 4) is 0 Å². The molecule has 34 heavy (non-hydrogen) atoms. The predicted molar refractivity (Wildman–Crippen MR) is 137 cm³/mol. The van der Waals surface area contributed by atoms with E-state index in [9.17, 15) is 9.59 Å². The van der Waals surface area contributed by atoms with Gasteiger partial charge in [-0.25, -0.2) is 5.01 Å². The van der Waals surface area contributed by atoms with E-state index < -0.39 is 5.25 Å². The van der Waals surface area contributed by atoms with Gasteiger partial charge in [-0.3, -0.25) is 9.59 Å². The summed E-state index contributed by atoms with van der Waals surface area (Å²) in [5.74, 6) is -0.507. The predicted octanol–water partition coefficient (Wildman–Crippen LogP) is 5.17. The van der Waals surface area contributed by atoms with E-state index in [2.05, 4.69) is 41.5 Å². The van der Waals surface area contributed by atoms with Crippen molar-refractivity contribution in [1.82, 2.24) is 5.01 Å². The Morgan fingerprint density at radius 2 is 1.68 bits per heavy atom. The molecule has 2 aliphatic rings. The summed E-state index contributed by atoms with van der Waals surface area (Å²) in [5.41, 5.74) is 5.01. The van der Waals surface area contributed by atoms with Gasteiger partial charge < -0.3 is 5.32 Å². The maximum atomic E-state index is 12.7. The van der Waals surface area contributed by atoms with E-state index in [4.69, 9.17) is 5.10 Å². The standard InChI is InChI=1S/C27H24N4O2S/c1-18-12-14-20(15-13-18)23-16-22(19-8-4-2-5-9-19)30-31(23)27-29-26(33)24(34-27)17-25(32)28-21-10-6-3-7-11-21/h2-15,23-24H,16-17H2,1H3,(H,28,32)/t23-,24+/m0/s1. The molecule has 2 amide bonds. The number of para-hydroxylation sites is 1. The van der Waals surface area contributed by atoms with E-state index in [-0.39, 0.29) is 24.3 Å². The zero-order valence-corrected chi connectivity index (χ0v) is 19.5. The normalized spacial score (nSPS) is 19.7. The first-order chi connectivity index (χ1) is 16.6. The average molecular weight is 469 g/mol. The van der Waals surface area contributed by atoms with Gasteiger partial charge in [-0.2, -0.15) is 10.1 Å². The van der Waals surface area contributed by atoms with E-state index >= 15 is 0 Å². The third-order valence-electron chi connectivity index (χ3n) is 5.83. The van der Waals surface area contributed by atoms with E-state index in [1.807, 2.05) is 65.7 Å². The van der Waals surface area contributed by atoms with Crippen LogP contribution in [0.25, 0.3) is 0 Å². The lowest BCUT2D eigenvalue weighted by molar-refractivity contribution is -0.121. The molecule has 2 heterocycles. The first-order valence-electron chi connectivity index (χ1n) is 11.2.